The van der Waals surface area contributed by atoms with Gasteiger partial charge in [0.15, 0.2) is 0 Å². The first-order chi connectivity index (χ1) is 12.1. The average Bonchev–Trinajstić information content (AvgIpc) is 2.61. The SMILES string of the molecule is CCOc1ccc2ccccc2c1C(=O)Nc1cccc([C@H](C)O)c1. The fraction of sp³-hybridized carbons (Fsp3) is 0.190. The van der Waals surface area contributed by atoms with E-state index in [4.69, 9.17) is 4.74 Å². The molecule has 4 heteroatoms. The Morgan fingerprint density at radius 3 is 2.68 bits per heavy atom. The van der Waals surface area contributed by atoms with Crippen molar-refractivity contribution < 1.29 is 14.6 Å². The van der Waals surface area contributed by atoms with E-state index in [1.807, 2.05) is 55.5 Å². The van der Waals surface area contributed by atoms with Gasteiger partial charge in [0.2, 0.25) is 0 Å². The van der Waals surface area contributed by atoms with Crippen LogP contribution in [0.3, 0.4) is 0 Å². The molecule has 0 aliphatic carbocycles. The summed E-state index contributed by atoms with van der Waals surface area (Å²) in [7, 11) is 0. The molecule has 0 heterocycles. The summed E-state index contributed by atoms with van der Waals surface area (Å²) in [5.41, 5.74) is 1.90. The lowest BCUT2D eigenvalue weighted by molar-refractivity contribution is 0.102. The van der Waals surface area contributed by atoms with E-state index in [1.54, 1.807) is 19.1 Å². The van der Waals surface area contributed by atoms with Crippen molar-refractivity contribution in [3.8, 4) is 5.75 Å². The highest BCUT2D eigenvalue weighted by Gasteiger charge is 2.17. The zero-order chi connectivity index (χ0) is 17.8. The van der Waals surface area contributed by atoms with Gasteiger partial charge in [-0.2, -0.15) is 0 Å². The van der Waals surface area contributed by atoms with E-state index in [2.05, 4.69) is 5.32 Å². The molecule has 0 saturated carbocycles. The van der Waals surface area contributed by atoms with E-state index in [0.717, 1.165) is 16.3 Å². The summed E-state index contributed by atoms with van der Waals surface area (Å²) < 4.78 is 5.67. The number of carbonyl (C=O) groups excluding carboxylic acids is 1. The number of rotatable bonds is 5. The van der Waals surface area contributed by atoms with Crippen LogP contribution in [0.5, 0.6) is 5.75 Å². The van der Waals surface area contributed by atoms with Crippen LogP contribution >= 0.6 is 0 Å². The van der Waals surface area contributed by atoms with Crippen LogP contribution in [-0.4, -0.2) is 17.6 Å². The summed E-state index contributed by atoms with van der Waals surface area (Å²) in [5, 5.41) is 14.5. The smallest absolute Gasteiger partial charge is 0.260 e. The molecule has 3 rings (SSSR count). The van der Waals surface area contributed by atoms with Crippen LogP contribution in [0.4, 0.5) is 5.69 Å². The van der Waals surface area contributed by atoms with E-state index in [1.165, 1.54) is 0 Å². The molecule has 2 N–H and O–H groups in total. The summed E-state index contributed by atoms with van der Waals surface area (Å²) in [4.78, 5) is 13.0. The maximum atomic E-state index is 13.0. The van der Waals surface area contributed by atoms with Crippen LogP contribution in [0, 0.1) is 0 Å². The molecule has 0 bridgehead atoms. The van der Waals surface area contributed by atoms with Crippen molar-refractivity contribution >= 4 is 22.4 Å². The van der Waals surface area contributed by atoms with Gasteiger partial charge in [-0.05, 0) is 48.4 Å². The summed E-state index contributed by atoms with van der Waals surface area (Å²) >= 11 is 0. The second kappa shape index (κ2) is 7.36. The molecular formula is C21H21NO3. The molecule has 3 aromatic carbocycles. The molecule has 0 aliphatic rings. The van der Waals surface area contributed by atoms with Crippen LogP contribution in [0.1, 0.15) is 35.9 Å². The van der Waals surface area contributed by atoms with Gasteiger partial charge in [0, 0.05) is 5.69 Å². The molecular weight excluding hydrogens is 314 g/mol. The minimum atomic E-state index is -0.589. The Kier molecular flexibility index (Phi) is 5.00. The first-order valence-corrected chi connectivity index (χ1v) is 8.34. The lowest BCUT2D eigenvalue weighted by Crippen LogP contribution is -2.14. The number of aliphatic hydroxyl groups excluding tert-OH is 1. The van der Waals surface area contributed by atoms with Crippen molar-refractivity contribution in [2.45, 2.75) is 20.0 Å². The summed E-state index contributed by atoms with van der Waals surface area (Å²) in [6.07, 6.45) is -0.589. The van der Waals surface area contributed by atoms with Gasteiger partial charge in [0.05, 0.1) is 18.3 Å². The van der Waals surface area contributed by atoms with Gasteiger partial charge in [-0.1, -0.05) is 42.5 Å². The van der Waals surface area contributed by atoms with E-state index in [9.17, 15) is 9.90 Å². The van der Waals surface area contributed by atoms with Crippen LogP contribution in [0.2, 0.25) is 0 Å². The Morgan fingerprint density at radius 1 is 1.12 bits per heavy atom. The van der Waals surface area contributed by atoms with Crippen LogP contribution in [-0.2, 0) is 0 Å². The van der Waals surface area contributed by atoms with Gasteiger partial charge in [0.25, 0.3) is 5.91 Å². The quantitative estimate of drug-likeness (QED) is 0.719. The number of anilines is 1. The highest BCUT2D eigenvalue weighted by Crippen LogP contribution is 2.29. The predicted octanol–water partition coefficient (Wildman–Crippen LogP) is 4.54. The fourth-order valence-electron chi connectivity index (χ4n) is 2.83. The van der Waals surface area contributed by atoms with Crippen LogP contribution < -0.4 is 10.1 Å². The largest absolute Gasteiger partial charge is 0.493 e. The zero-order valence-electron chi connectivity index (χ0n) is 14.3. The molecule has 0 spiro atoms. The van der Waals surface area contributed by atoms with E-state index in [-0.39, 0.29) is 5.91 Å². The third kappa shape index (κ3) is 3.64. The Hall–Kier alpha value is -2.85. The van der Waals surface area contributed by atoms with E-state index >= 15 is 0 Å². The van der Waals surface area contributed by atoms with Crippen molar-refractivity contribution in [2.24, 2.45) is 0 Å². The second-order valence-corrected chi connectivity index (χ2v) is 5.85. The zero-order valence-corrected chi connectivity index (χ0v) is 14.3. The topological polar surface area (TPSA) is 58.6 Å². The normalized spacial score (nSPS) is 12.0. The number of hydrogen-bond donors (Lipinski definition) is 2. The number of aliphatic hydroxyl groups is 1. The Balaban J connectivity index is 2.01. The molecule has 3 aromatic rings. The summed E-state index contributed by atoms with van der Waals surface area (Å²) in [6, 6.07) is 18.7. The van der Waals surface area contributed by atoms with Gasteiger partial charge in [-0.3, -0.25) is 4.79 Å². The van der Waals surface area contributed by atoms with Gasteiger partial charge >= 0.3 is 0 Å². The number of benzene rings is 3. The molecule has 25 heavy (non-hydrogen) atoms. The number of ether oxygens (including phenoxy) is 1. The highest BCUT2D eigenvalue weighted by atomic mass is 16.5. The van der Waals surface area contributed by atoms with Gasteiger partial charge in [0.1, 0.15) is 5.75 Å². The maximum absolute atomic E-state index is 13.0. The van der Waals surface area contributed by atoms with Crippen molar-refractivity contribution in [3.05, 3.63) is 71.8 Å². The predicted molar refractivity (Wildman–Crippen MR) is 100 cm³/mol. The first-order valence-electron chi connectivity index (χ1n) is 8.34. The molecule has 0 radical (unpaired) electrons. The van der Waals surface area contributed by atoms with Gasteiger partial charge in [-0.25, -0.2) is 0 Å². The molecule has 128 valence electrons. The number of carbonyl (C=O) groups is 1. The minimum Gasteiger partial charge on any atom is -0.493 e. The molecule has 1 amide bonds. The Bertz CT molecular complexity index is 903. The molecule has 0 aromatic heterocycles. The number of amides is 1. The maximum Gasteiger partial charge on any atom is 0.260 e. The monoisotopic (exact) mass is 335 g/mol. The Morgan fingerprint density at radius 2 is 1.92 bits per heavy atom. The fourth-order valence-corrected chi connectivity index (χ4v) is 2.83. The molecule has 0 saturated heterocycles. The van der Waals surface area contributed by atoms with Crippen molar-refractivity contribution in [2.75, 3.05) is 11.9 Å². The lowest BCUT2D eigenvalue weighted by atomic mass is 10.0. The average molecular weight is 335 g/mol. The van der Waals surface area contributed by atoms with Gasteiger partial charge in [-0.15, -0.1) is 0 Å². The third-order valence-electron chi connectivity index (χ3n) is 4.04. The van der Waals surface area contributed by atoms with Crippen molar-refractivity contribution in [1.82, 2.24) is 0 Å². The standard InChI is InChI=1S/C21H21NO3/c1-3-25-19-12-11-15-7-4-5-10-18(15)20(19)21(24)22-17-9-6-8-16(13-17)14(2)23/h4-14,23H,3H2,1-2H3,(H,22,24)/t14-/m0/s1. The number of hydrogen-bond acceptors (Lipinski definition) is 3. The lowest BCUT2D eigenvalue weighted by Gasteiger charge is -2.14. The molecule has 0 unspecified atom stereocenters. The number of fused-ring (bicyclic) bond motifs is 1. The summed E-state index contributed by atoms with van der Waals surface area (Å²) in [5.74, 6) is 0.327. The molecule has 1 atom stereocenters. The van der Waals surface area contributed by atoms with E-state index in [0.29, 0.717) is 23.6 Å². The molecule has 0 fully saturated rings. The molecule has 4 nitrogen and oxygen atoms in total. The first kappa shape index (κ1) is 17.0. The van der Waals surface area contributed by atoms with Gasteiger partial charge < -0.3 is 15.2 Å². The van der Waals surface area contributed by atoms with Crippen molar-refractivity contribution in [1.29, 1.82) is 0 Å². The minimum absolute atomic E-state index is 0.233. The number of nitrogens with one attached hydrogen (secondary N) is 1. The highest BCUT2D eigenvalue weighted by molar-refractivity contribution is 6.15. The third-order valence-corrected chi connectivity index (χ3v) is 4.04. The van der Waals surface area contributed by atoms with Crippen LogP contribution in [0.15, 0.2) is 60.7 Å². The Labute approximate surface area is 147 Å². The van der Waals surface area contributed by atoms with Crippen LogP contribution in [0.25, 0.3) is 10.8 Å². The summed E-state index contributed by atoms with van der Waals surface area (Å²) in [6.45, 7) is 4.07. The second-order valence-electron chi connectivity index (χ2n) is 5.85. The molecule has 0 aliphatic heterocycles. The van der Waals surface area contributed by atoms with E-state index < -0.39 is 6.10 Å². The van der Waals surface area contributed by atoms with Crippen molar-refractivity contribution in [3.63, 3.8) is 0 Å².